The summed E-state index contributed by atoms with van der Waals surface area (Å²) in [5, 5.41) is 0. The zero-order valence-electron chi connectivity index (χ0n) is 24.5. The maximum Gasteiger partial charge on any atom is 0.0280 e. The Morgan fingerprint density at radius 2 is 1.44 bits per heavy atom. The van der Waals surface area contributed by atoms with E-state index in [9.17, 15) is 0 Å². The van der Waals surface area contributed by atoms with E-state index in [0.717, 1.165) is 33.5 Å². The number of hydrogen-bond donors (Lipinski definition) is 0. The summed E-state index contributed by atoms with van der Waals surface area (Å²) >= 11 is 0. The van der Waals surface area contributed by atoms with Crippen LogP contribution >= 0.6 is 0 Å². The molecule has 3 heteroatoms. The molecule has 171 valence electrons. The van der Waals surface area contributed by atoms with E-state index in [1.165, 1.54) is 12.4 Å². The van der Waals surface area contributed by atoms with Gasteiger partial charge in [0.2, 0.25) is 0 Å². The topological polar surface area (TPSA) is 25.8 Å². The van der Waals surface area contributed by atoms with Gasteiger partial charge in [-0.15, -0.1) is 71.3 Å². The van der Waals surface area contributed by atoms with Crippen molar-refractivity contribution in [3.8, 4) is 33.6 Å². The van der Waals surface area contributed by atoms with Gasteiger partial charge >= 0.3 is 0 Å². The molecule has 0 aliphatic carbocycles. The molecule has 0 unspecified atom stereocenters. The Kier molecular flexibility index (Phi) is 6.45. The van der Waals surface area contributed by atoms with E-state index in [4.69, 9.17) is 8.22 Å². The molecule has 2 nitrogen and oxygen atoms in total. The average Bonchev–Trinajstić information content (AvgIpc) is 2.93. The number of aryl methyl sites for hydroxylation is 3. The first kappa shape index (κ1) is 18.0. The molecule has 1 radical (unpaired) electrons. The second kappa shape index (κ2) is 12.2. The maximum absolute atomic E-state index is 7.38. The molecule has 34 heavy (non-hydrogen) atoms. The predicted octanol–water partition coefficient (Wildman–Crippen LogP) is 7.69. The first-order valence-corrected chi connectivity index (χ1v) is 10.5. The van der Waals surface area contributed by atoms with Crippen LogP contribution in [0.25, 0.3) is 33.6 Å². The van der Waals surface area contributed by atoms with Crippen LogP contribution in [0.3, 0.4) is 0 Å². The van der Waals surface area contributed by atoms with Crippen molar-refractivity contribution in [2.75, 3.05) is 0 Å². The van der Waals surface area contributed by atoms with Crippen LogP contribution in [0.15, 0.2) is 103 Å². The van der Waals surface area contributed by atoms with Crippen LogP contribution in [0.1, 0.15) is 24.9 Å². The van der Waals surface area contributed by atoms with Crippen molar-refractivity contribution in [2.45, 2.75) is 20.6 Å². The number of benzene rings is 3. The normalized spacial score (nSPS) is 13.3. The van der Waals surface area contributed by atoms with Crippen molar-refractivity contribution in [1.82, 2.24) is 9.97 Å². The molecule has 5 rings (SSSR count). The number of hydrogen-bond acceptors (Lipinski definition) is 2. The quantitative estimate of drug-likeness (QED) is 0.193. The molecule has 0 aliphatic rings. The Labute approximate surface area is 224 Å². The Morgan fingerprint density at radius 3 is 2.12 bits per heavy atom. The van der Waals surface area contributed by atoms with Crippen molar-refractivity contribution in [3.63, 3.8) is 0 Å². The van der Waals surface area contributed by atoms with Gasteiger partial charge in [0.1, 0.15) is 0 Å². The van der Waals surface area contributed by atoms with Crippen molar-refractivity contribution in [2.24, 2.45) is 0 Å². The molecule has 0 fully saturated rings. The molecule has 0 N–H and O–H groups in total. The van der Waals surface area contributed by atoms with Gasteiger partial charge in [0.25, 0.3) is 0 Å². The van der Waals surface area contributed by atoms with Crippen molar-refractivity contribution >= 4 is 0 Å². The van der Waals surface area contributed by atoms with E-state index in [2.05, 4.69) is 22.1 Å². The van der Waals surface area contributed by atoms with Gasteiger partial charge in [-0.25, -0.2) is 0 Å². The standard InChI is InChI=1S/C18H14N.C13H12N.Ir/c1-14-10-11-18(19-13-14)17-9-5-8-16(12-17)15-6-3-2-4-7-15;1-10-8-13(14-9-11(10)2)12-6-4-3-5-7-12;/h2-8,10-13H,1H3;3-6,8-9H,1-2H3;/q2*-1;/i1D3;2D3;. The van der Waals surface area contributed by atoms with Crippen LogP contribution in [0, 0.1) is 32.8 Å². The summed E-state index contributed by atoms with van der Waals surface area (Å²) in [5.74, 6) is 0. The number of aromatic nitrogens is 2. The smallest absolute Gasteiger partial charge is 0.0280 e. The van der Waals surface area contributed by atoms with Crippen LogP contribution < -0.4 is 0 Å². The SMILES string of the molecule is [2H]C([2H])([2H])c1ccc(-c2[c-]ccc(-c3ccccc3)c2)nc1.[2H]C([2H])([2H])c1cnc(-c2[c-]cccc2)cc1C.[Ir]. The van der Waals surface area contributed by atoms with Gasteiger partial charge in [0.05, 0.1) is 0 Å². The van der Waals surface area contributed by atoms with Crippen molar-refractivity contribution < 1.29 is 28.3 Å². The van der Waals surface area contributed by atoms with Crippen LogP contribution in [0.5, 0.6) is 0 Å². The number of pyridine rings is 2. The minimum absolute atomic E-state index is 0. The third-order valence-electron chi connectivity index (χ3n) is 5.04. The molecular formula is C31H26IrN2-2. The van der Waals surface area contributed by atoms with Gasteiger partial charge in [-0.3, -0.25) is 0 Å². The molecule has 5 aromatic rings. The molecule has 0 aliphatic heterocycles. The van der Waals surface area contributed by atoms with E-state index < -0.39 is 13.7 Å². The molecule has 2 heterocycles. The van der Waals surface area contributed by atoms with Gasteiger partial charge in [-0.2, -0.15) is 0 Å². The molecule has 0 saturated heterocycles. The molecule has 0 spiro atoms. The second-order valence-electron chi connectivity index (χ2n) is 7.45. The van der Waals surface area contributed by atoms with E-state index in [1.807, 2.05) is 72.8 Å². The molecule has 2 aromatic heterocycles. The third kappa shape index (κ3) is 6.57. The average molecular weight is 625 g/mol. The van der Waals surface area contributed by atoms with Gasteiger partial charge in [-0.1, -0.05) is 54.1 Å². The van der Waals surface area contributed by atoms with Crippen molar-refractivity contribution in [1.29, 1.82) is 0 Å². The van der Waals surface area contributed by atoms with E-state index in [-0.39, 0.29) is 25.7 Å². The first-order chi connectivity index (χ1) is 18.5. The Balaban J connectivity index is 0.000000222. The minimum atomic E-state index is -2.12. The fraction of sp³-hybridized carbons (Fsp3) is 0.0968. The summed E-state index contributed by atoms with van der Waals surface area (Å²) in [5.41, 5.74) is 6.65. The zero-order valence-corrected chi connectivity index (χ0v) is 20.9. The molecule has 3 aromatic carbocycles. The summed E-state index contributed by atoms with van der Waals surface area (Å²) in [6, 6.07) is 34.7. The van der Waals surface area contributed by atoms with Gasteiger partial charge in [-0.05, 0) is 48.7 Å². The third-order valence-corrected chi connectivity index (χ3v) is 5.04. The fourth-order valence-electron chi connectivity index (χ4n) is 3.23. The first-order valence-electron chi connectivity index (χ1n) is 13.5. The molecule has 0 bridgehead atoms. The second-order valence-corrected chi connectivity index (χ2v) is 7.45. The fourth-order valence-corrected chi connectivity index (χ4v) is 3.23. The van der Waals surface area contributed by atoms with Crippen molar-refractivity contribution in [3.05, 3.63) is 132 Å². The summed E-state index contributed by atoms with van der Waals surface area (Å²) < 4.78 is 44.3. The maximum atomic E-state index is 7.38. The van der Waals surface area contributed by atoms with E-state index >= 15 is 0 Å². The van der Waals surface area contributed by atoms with Crippen LogP contribution in [-0.2, 0) is 20.1 Å². The Bertz CT molecular complexity index is 1520. The van der Waals surface area contributed by atoms with Crippen LogP contribution in [0.4, 0.5) is 0 Å². The Morgan fingerprint density at radius 1 is 0.647 bits per heavy atom. The van der Waals surface area contributed by atoms with E-state index in [0.29, 0.717) is 11.3 Å². The van der Waals surface area contributed by atoms with Gasteiger partial charge in [0.15, 0.2) is 0 Å². The minimum Gasteiger partial charge on any atom is -0.304 e. The van der Waals surface area contributed by atoms with Gasteiger partial charge < -0.3 is 9.97 Å². The summed E-state index contributed by atoms with van der Waals surface area (Å²) in [4.78, 5) is 8.44. The molecule has 0 saturated carbocycles. The monoisotopic (exact) mass is 625 g/mol. The summed E-state index contributed by atoms with van der Waals surface area (Å²) in [6.07, 6.45) is 2.84. The predicted molar refractivity (Wildman–Crippen MR) is 137 cm³/mol. The molecule has 0 amide bonds. The largest absolute Gasteiger partial charge is 0.304 e. The van der Waals surface area contributed by atoms with Crippen LogP contribution in [-0.4, -0.2) is 9.97 Å². The summed E-state index contributed by atoms with van der Waals surface area (Å²) in [6.45, 7) is -2.44. The Hall–Kier alpha value is -3.39. The zero-order chi connectivity index (χ0) is 28.0. The number of nitrogens with zero attached hydrogens (tertiary/aromatic N) is 2. The van der Waals surface area contributed by atoms with E-state index in [1.54, 1.807) is 25.1 Å². The molecule has 0 atom stereocenters. The summed E-state index contributed by atoms with van der Waals surface area (Å²) in [7, 11) is 0. The van der Waals surface area contributed by atoms with Crippen LogP contribution in [0.2, 0.25) is 0 Å². The number of rotatable bonds is 3. The molecular weight excluding hydrogens is 593 g/mol. The van der Waals surface area contributed by atoms with Gasteiger partial charge in [0, 0.05) is 40.7 Å².